The monoisotopic (exact) mass is 726 g/mol. The van der Waals surface area contributed by atoms with E-state index in [4.69, 9.17) is 23.7 Å². The number of para-hydroxylation sites is 1. The second-order valence-corrected chi connectivity index (χ2v) is 21.3. The maximum atomic E-state index is 17.1. The number of hydrogen-bond acceptors (Lipinski definition) is 6. The van der Waals surface area contributed by atoms with Crippen molar-refractivity contribution in [1.29, 1.82) is 0 Å². The molecule has 52 heavy (non-hydrogen) atoms. The minimum atomic E-state index is -3.76. The molecule has 0 fully saturated rings. The van der Waals surface area contributed by atoms with Gasteiger partial charge >= 0.3 is 0 Å². The standard InChI is InChI=1S/C45H59O6P/c1-41(2,3)32-22-29(23-33(38(32)47-15)42(4,5)6)52(46,30-24-34(43(7,8)9)39(48-16)35(25-30)44(10,11)12)31-26-36(49-28-20-18-17-19-21-28)40-37(27-31)50-45(13,14)51-40/h17-27H,1-16H3. The quantitative estimate of drug-likeness (QED) is 0.177. The van der Waals surface area contributed by atoms with Crippen LogP contribution in [0.3, 0.4) is 0 Å². The van der Waals surface area contributed by atoms with Crippen LogP contribution in [0, 0.1) is 0 Å². The van der Waals surface area contributed by atoms with Crippen LogP contribution in [0.25, 0.3) is 0 Å². The van der Waals surface area contributed by atoms with Crippen LogP contribution in [-0.4, -0.2) is 20.0 Å². The van der Waals surface area contributed by atoms with Crippen LogP contribution < -0.4 is 39.6 Å². The first-order chi connectivity index (χ1) is 23.8. The third kappa shape index (κ3) is 7.47. The van der Waals surface area contributed by atoms with Gasteiger partial charge in [0.25, 0.3) is 0 Å². The van der Waals surface area contributed by atoms with E-state index in [9.17, 15) is 0 Å². The molecule has 0 atom stereocenters. The zero-order chi connectivity index (χ0) is 38.8. The highest BCUT2D eigenvalue weighted by Gasteiger charge is 2.42. The molecule has 4 aromatic rings. The van der Waals surface area contributed by atoms with Crippen molar-refractivity contribution in [3.63, 3.8) is 0 Å². The molecule has 0 spiro atoms. The Labute approximate surface area is 312 Å². The molecular weight excluding hydrogens is 667 g/mol. The molecule has 0 bridgehead atoms. The van der Waals surface area contributed by atoms with Gasteiger partial charge in [0, 0.05) is 52.0 Å². The van der Waals surface area contributed by atoms with Crippen molar-refractivity contribution in [3.8, 4) is 34.5 Å². The smallest absolute Gasteiger partial charge is 0.246 e. The van der Waals surface area contributed by atoms with Crippen LogP contribution in [0.5, 0.6) is 34.5 Å². The molecule has 1 heterocycles. The summed E-state index contributed by atoms with van der Waals surface area (Å²) in [5.41, 5.74) is 2.67. The lowest BCUT2D eigenvalue weighted by molar-refractivity contribution is -0.0438. The number of rotatable bonds is 7. The van der Waals surface area contributed by atoms with E-state index in [1.54, 1.807) is 14.2 Å². The summed E-state index contributed by atoms with van der Waals surface area (Å²) in [6.45, 7) is 29.8. The lowest BCUT2D eigenvalue weighted by Crippen LogP contribution is -2.31. The predicted octanol–water partition coefficient (Wildman–Crippen LogP) is 10.8. The van der Waals surface area contributed by atoms with Gasteiger partial charge in [0.2, 0.25) is 11.5 Å². The molecule has 0 saturated carbocycles. The van der Waals surface area contributed by atoms with E-state index < -0.39 is 12.9 Å². The van der Waals surface area contributed by atoms with Crippen molar-refractivity contribution in [1.82, 2.24) is 0 Å². The van der Waals surface area contributed by atoms with Crippen LogP contribution in [0.4, 0.5) is 0 Å². The van der Waals surface area contributed by atoms with Crippen LogP contribution in [-0.2, 0) is 26.2 Å². The molecule has 0 unspecified atom stereocenters. The summed E-state index contributed by atoms with van der Waals surface area (Å²) in [6.07, 6.45) is 0. The SMILES string of the molecule is COc1c(C(C)(C)C)cc(P(=O)(c2cc(Oc3ccccc3)c3c(c2)OC(C)(C)O3)c2cc(C(C)(C)C)c(OC)c(C(C)(C)C)c2)cc1C(C)(C)C. The van der Waals surface area contributed by atoms with Crippen LogP contribution in [0.1, 0.15) is 119 Å². The molecule has 0 aromatic heterocycles. The molecule has 1 aliphatic rings. The average molecular weight is 727 g/mol. The fourth-order valence-electron chi connectivity index (χ4n) is 6.85. The second kappa shape index (κ2) is 13.2. The Kier molecular flexibility index (Phi) is 9.98. The Morgan fingerprint density at radius 2 is 0.942 bits per heavy atom. The zero-order valence-electron chi connectivity index (χ0n) is 34.2. The zero-order valence-corrected chi connectivity index (χ0v) is 35.1. The van der Waals surface area contributed by atoms with E-state index in [1.807, 2.05) is 56.3 Å². The maximum absolute atomic E-state index is 17.1. The molecule has 0 radical (unpaired) electrons. The minimum absolute atomic E-state index is 0.320. The molecule has 7 heteroatoms. The fraction of sp³-hybridized carbons (Fsp3) is 0.467. The summed E-state index contributed by atoms with van der Waals surface area (Å²) in [7, 11) is -0.310. The van der Waals surface area contributed by atoms with E-state index in [0.29, 0.717) is 38.9 Å². The number of fused-ring (bicyclic) bond motifs is 1. The van der Waals surface area contributed by atoms with Gasteiger partial charge in [-0.1, -0.05) is 101 Å². The second-order valence-electron chi connectivity index (χ2n) is 18.5. The van der Waals surface area contributed by atoms with Crippen LogP contribution in [0.15, 0.2) is 66.7 Å². The first-order valence-electron chi connectivity index (χ1n) is 18.2. The van der Waals surface area contributed by atoms with E-state index in [0.717, 1.165) is 33.8 Å². The predicted molar refractivity (Wildman–Crippen MR) is 216 cm³/mol. The molecule has 0 N–H and O–H groups in total. The molecule has 0 amide bonds. The van der Waals surface area contributed by atoms with Crippen molar-refractivity contribution >= 4 is 23.1 Å². The highest BCUT2D eigenvalue weighted by Crippen LogP contribution is 2.54. The summed E-state index contributed by atoms with van der Waals surface area (Å²) in [6, 6.07) is 21.7. The third-order valence-corrected chi connectivity index (χ3v) is 12.5. The Morgan fingerprint density at radius 1 is 0.558 bits per heavy atom. The molecule has 0 aliphatic carbocycles. The van der Waals surface area contributed by atoms with E-state index in [2.05, 4.69) is 107 Å². The lowest BCUT2D eigenvalue weighted by Gasteiger charge is -2.34. The molecule has 0 saturated heterocycles. The first kappa shape index (κ1) is 39.3. The van der Waals surface area contributed by atoms with Gasteiger partial charge in [-0.25, -0.2) is 0 Å². The summed E-state index contributed by atoms with van der Waals surface area (Å²) in [5, 5.41) is 1.99. The number of benzene rings is 4. The maximum Gasteiger partial charge on any atom is 0.246 e. The van der Waals surface area contributed by atoms with Crippen molar-refractivity contribution in [2.45, 2.75) is 124 Å². The number of methoxy groups -OCH3 is 2. The fourth-order valence-corrected chi connectivity index (χ4v) is 9.59. The Balaban J connectivity index is 2.00. The van der Waals surface area contributed by atoms with Gasteiger partial charge in [-0.15, -0.1) is 0 Å². The van der Waals surface area contributed by atoms with Gasteiger partial charge in [-0.2, -0.15) is 0 Å². The van der Waals surface area contributed by atoms with Crippen molar-refractivity contribution in [2.75, 3.05) is 14.2 Å². The summed E-state index contributed by atoms with van der Waals surface area (Å²) >= 11 is 0. The van der Waals surface area contributed by atoms with E-state index >= 15 is 4.57 Å². The van der Waals surface area contributed by atoms with Crippen LogP contribution >= 0.6 is 7.14 Å². The molecule has 6 nitrogen and oxygen atoms in total. The van der Waals surface area contributed by atoms with Crippen molar-refractivity contribution in [2.24, 2.45) is 0 Å². The van der Waals surface area contributed by atoms with Gasteiger partial charge in [0.1, 0.15) is 17.2 Å². The summed E-state index contributed by atoms with van der Waals surface area (Å²) in [5.74, 6) is 2.71. The first-order valence-corrected chi connectivity index (χ1v) is 19.9. The van der Waals surface area contributed by atoms with Gasteiger partial charge in [0.05, 0.1) is 14.2 Å². The Morgan fingerprint density at radius 3 is 1.31 bits per heavy atom. The van der Waals surface area contributed by atoms with Gasteiger partial charge in [0.15, 0.2) is 18.6 Å². The third-order valence-electron chi connectivity index (χ3n) is 9.56. The normalized spacial score (nSPS) is 14.7. The minimum Gasteiger partial charge on any atom is -0.496 e. The van der Waals surface area contributed by atoms with E-state index in [-0.39, 0.29) is 21.7 Å². The average Bonchev–Trinajstić information content (AvgIpc) is 3.36. The Hall–Kier alpha value is -3.89. The molecule has 5 rings (SSSR count). The lowest BCUT2D eigenvalue weighted by atomic mass is 9.79. The molecule has 280 valence electrons. The molecule has 4 aromatic carbocycles. The van der Waals surface area contributed by atoms with Crippen LogP contribution in [0.2, 0.25) is 0 Å². The number of ether oxygens (including phenoxy) is 5. The van der Waals surface area contributed by atoms with E-state index in [1.165, 1.54) is 0 Å². The largest absolute Gasteiger partial charge is 0.496 e. The van der Waals surface area contributed by atoms with Crippen molar-refractivity contribution in [3.05, 3.63) is 89.0 Å². The summed E-state index contributed by atoms with van der Waals surface area (Å²) in [4.78, 5) is 0. The highest BCUT2D eigenvalue weighted by atomic mass is 31.2. The highest BCUT2D eigenvalue weighted by molar-refractivity contribution is 7.85. The number of hydrogen-bond donors (Lipinski definition) is 0. The van der Waals surface area contributed by atoms with Crippen molar-refractivity contribution < 1.29 is 28.2 Å². The topological polar surface area (TPSA) is 63.2 Å². The Bertz CT molecular complexity index is 1860. The molecule has 1 aliphatic heterocycles. The molecular formula is C45H59O6P. The van der Waals surface area contributed by atoms with Gasteiger partial charge in [-0.05, 0) is 70.2 Å². The summed E-state index contributed by atoms with van der Waals surface area (Å²) < 4.78 is 48.7. The van der Waals surface area contributed by atoms with Gasteiger partial charge in [-0.3, -0.25) is 0 Å². The van der Waals surface area contributed by atoms with Gasteiger partial charge < -0.3 is 28.2 Å².